The lowest BCUT2D eigenvalue weighted by Crippen LogP contribution is -2.18. The van der Waals surface area contributed by atoms with Crippen molar-refractivity contribution in [2.75, 3.05) is 14.2 Å². The third-order valence-corrected chi connectivity index (χ3v) is 4.02. The Morgan fingerprint density at radius 3 is 2.20 bits per heavy atom. The Morgan fingerprint density at radius 1 is 1.04 bits per heavy atom. The molecule has 0 aliphatic heterocycles. The molecule has 0 fully saturated rings. The molecule has 2 rings (SSSR count). The van der Waals surface area contributed by atoms with E-state index >= 15 is 0 Å². The second-order valence-electron chi connectivity index (χ2n) is 5.65. The zero-order valence-corrected chi connectivity index (χ0v) is 14.9. The zero-order chi connectivity index (χ0) is 18.6. The summed E-state index contributed by atoms with van der Waals surface area (Å²) in [6.45, 7) is 3.75. The van der Waals surface area contributed by atoms with Crippen LogP contribution in [0, 0.1) is 0 Å². The quantitative estimate of drug-likeness (QED) is 0.704. The average molecular weight is 346 g/mol. The van der Waals surface area contributed by atoms with Gasteiger partial charge in [0.2, 0.25) is 0 Å². The Kier molecular flexibility index (Phi) is 5.96. The molecule has 0 heterocycles. The maximum atomic E-state index is 12.4. The largest absolute Gasteiger partial charge is 0.496 e. The molecule has 1 aromatic carbocycles. The molecule has 0 amide bonds. The minimum atomic E-state index is -0.595. The highest BCUT2D eigenvalue weighted by atomic mass is 16.5. The summed E-state index contributed by atoms with van der Waals surface area (Å²) in [5, 5.41) is 0. The van der Waals surface area contributed by atoms with Crippen LogP contribution in [0.25, 0.3) is 0 Å². The normalized spacial score (nSPS) is 14.1. The summed E-state index contributed by atoms with van der Waals surface area (Å²) >= 11 is 0. The van der Waals surface area contributed by atoms with Crippen LogP contribution >= 0.6 is 0 Å². The van der Waals surface area contributed by atoms with Crippen LogP contribution in [0.4, 0.5) is 0 Å². The summed E-state index contributed by atoms with van der Waals surface area (Å²) in [6.07, 6.45) is 3.30. The number of benzene rings is 1. The number of hydrogen-bond donors (Lipinski definition) is 0. The first-order chi connectivity index (χ1) is 12.0. The van der Waals surface area contributed by atoms with Crippen molar-refractivity contribution in [2.24, 2.45) is 0 Å². The number of carbonyl (C=O) groups is 3. The van der Waals surface area contributed by atoms with Crippen LogP contribution in [0.1, 0.15) is 65.5 Å². The molecule has 0 saturated carbocycles. The number of esters is 1. The van der Waals surface area contributed by atoms with Gasteiger partial charge in [0, 0.05) is 12.0 Å². The first-order valence-electron chi connectivity index (χ1n) is 8.23. The van der Waals surface area contributed by atoms with E-state index in [1.165, 1.54) is 26.4 Å². The van der Waals surface area contributed by atoms with Crippen molar-refractivity contribution >= 4 is 17.5 Å². The number of ketones is 2. The number of methoxy groups -OCH3 is 2. The van der Waals surface area contributed by atoms with Crippen LogP contribution in [-0.2, 0) is 9.53 Å². The van der Waals surface area contributed by atoms with E-state index in [1.807, 2.05) is 13.8 Å². The molecule has 0 aromatic heterocycles. The molecule has 0 radical (unpaired) electrons. The molecule has 6 nitrogen and oxygen atoms in total. The average Bonchev–Trinajstić information content (AvgIpc) is 2.61. The molecule has 1 aliphatic carbocycles. The van der Waals surface area contributed by atoms with Crippen molar-refractivity contribution in [1.29, 1.82) is 0 Å². The van der Waals surface area contributed by atoms with Crippen molar-refractivity contribution in [3.05, 3.63) is 34.9 Å². The van der Waals surface area contributed by atoms with Gasteiger partial charge in [-0.25, -0.2) is 0 Å². The van der Waals surface area contributed by atoms with E-state index < -0.39 is 6.10 Å². The van der Waals surface area contributed by atoms with Crippen LogP contribution in [0.2, 0.25) is 0 Å². The first-order valence-corrected chi connectivity index (χ1v) is 8.23. The lowest BCUT2D eigenvalue weighted by atomic mass is 9.89. The van der Waals surface area contributed by atoms with Gasteiger partial charge in [-0.1, -0.05) is 13.8 Å². The monoisotopic (exact) mass is 346 g/mol. The van der Waals surface area contributed by atoms with Gasteiger partial charge in [-0.2, -0.15) is 0 Å². The van der Waals surface area contributed by atoms with Crippen molar-refractivity contribution in [3.8, 4) is 11.5 Å². The van der Waals surface area contributed by atoms with Crippen molar-refractivity contribution < 1.29 is 28.6 Å². The van der Waals surface area contributed by atoms with Crippen molar-refractivity contribution in [2.45, 2.75) is 39.2 Å². The molecule has 1 aromatic rings. The number of ether oxygens (including phenoxy) is 3. The number of hydrogen-bond acceptors (Lipinski definition) is 6. The molecular formula is C19H22O6. The maximum absolute atomic E-state index is 12.4. The molecular weight excluding hydrogens is 324 g/mol. The first kappa shape index (κ1) is 18.7. The Morgan fingerprint density at radius 2 is 1.68 bits per heavy atom. The Hall–Kier alpha value is -2.63. The summed E-state index contributed by atoms with van der Waals surface area (Å²) in [4.78, 5) is 36.5. The third-order valence-electron chi connectivity index (χ3n) is 4.02. The minimum Gasteiger partial charge on any atom is -0.496 e. The predicted molar refractivity (Wildman–Crippen MR) is 91.4 cm³/mol. The molecule has 0 spiro atoms. The maximum Gasteiger partial charge on any atom is 0.306 e. The molecule has 25 heavy (non-hydrogen) atoms. The van der Waals surface area contributed by atoms with E-state index in [1.54, 1.807) is 6.07 Å². The Labute approximate surface area is 146 Å². The van der Waals surface area contributed by atoms with E-state index in [9.17, 15) is 14.4 Å². The Balaban J connectivity index is 2.63. The predicted octanol–water partition coefficient (Wildman–Crippen LogP) is 3.43. The van der Waals surface area contributed by atoms with E-state index in [0.717, 1.165) is 0 Å². The number of rotatable bonds is 7. The third kappa shape index (κ3) is 3.57. The second-order valence-corrected chi connectivity index (χ2v) is 5.65. The fourth-order valence-corrected chi connectivity index (χ4v) is 2.87. The van der Waals surface area contributed by atoms with Crippen molar-refractivity contribution in [1.82, 2.24) is 0 Å². The fraction of sp³-hybridized carbons (Fsp3) is 0.421. The summed E-state index contributed by atoms with van der Waals surface area (Å²) in [6, 6.07) is 1.61. The van der Waals surface area contributed by atoms with Gasteiger partial charge in [0.05, 0.1) is 25.3 Å². The highest BCUT2D eigenvalue weighted by Crippen LogP contribution is 2.41. The van der Waals surface area contributed by atoms with Crippen LogP contribution in [0.5, 0.6) is 11.5 Å². The molecule has 6 heteroatoms. The van der Waals surface area contributed by atoms with Crippen molar-refractivity contribution in [3.63, 3.8) is 0 Å². The van der Waals surface area contributed by atoms with E-state index in [4.69, 9.17) is 14.2 Å². The van der Waals surface area contributed by atoms with E-state index in [2.05, 4.69) is 0 Å². The van der Waals surface area contributed by atoms with E-state index in [-0.39, 0.29) is 40.2 Å². The van der Waals surface area contributed by atoms with Gasteiger partial charge < -0.3 is 14.2 Å². The smallest absolute Gasteiger partial charge is 0.306 e. The number of carbonyl (C=O) groups excluding carboxylic acids is 3. The summed E-state index contributed by atoms with van der Waals surface area (Å²) in [5.41, 5.74) is 0.834. The highest BCUT2D eigenvalue weighted by Gasteiger charge is 2.32. The number of fused-ring (bicyclic) bond motifs is 1. The van der Waals surface area contributed by atoms with Crippen LogP contribution in [-0.4, -0.2) is 31.8 Å². The summed E-state index contributed by atoms with van der Waals surface area (Å²) < 4.78 is 16.3. The second kappa shape index (κ2) is 7.96. The topological polar surface area (TPSA) is 78.9 Å². The van der Waals surface area contributed by atoms with Crippen LogP contribution in [0.15, 0.2) is 18.2 Å². The molecule has 0 N–H and O–H groups in total. The van der Waals surface area contributed by atoms with Crippen LogP contribution < -0.4 is 9.47 Å². The highest BCUT2D eigenvalue weighted by molar-refractivity contribution is 6.24. The standard InChI is InChI=1S/C19H22O6/c1-5-7-16(22)25-14(6-2)11-10-15(23-3)17-12(20)8-9-13(21)18(17)19(11)24-4/h8-10,14H,5-7H2,1-4H3. The molecule has 0 saturated heterocycles. The van der Waals surface area contributed by atoms with Crippen LogP contribution in [0.3, 0.4) is 0 Å². The molecule has 134 valence electrons. The van der Waals surface area contributed by atoms with Gasteiger partial charge in [-0.05, 0) is 31.1 Å². The van der Waals surface area contributed by atoms with Gasteiger partial charge in [0.25, 0.3) is 0 Å². The summed E-state index contributed by atoms with van der Waals surface area (Å²) in [5.74, 6) is -0.489. The molecule has 1 atom stereocenters. The zero-order valence-electron chi connectivity index (χ0n) is 14.9. The molecule has 0 bridgehead atoms. The van der Waals surface area contributed by atoms with Gasteiger partial charge in [0.15, 0.2) is 11.6 Å². The summed E-state index contributed by atoms with van der Waals surface area (Å²) in [7, 11) is 2.84. The molecule has 1 unspecified atom stereocenters. The molecule has 1 aliphatic rings. The minimum absolute atomic E-state index is 0.148. The fourth-order valence-electron chi connectivity index (χ4n) is 2.87. The lowest BCUT2D eigenvalue weighted by molar-refractivity contribution is -0.149. The van der Waals surface area contributed by atoms with Gasteiger partial charge in [0.1, 0.15) is 17.6 Å². The van der Waals surface area contributed by atoms with Gasteiger partial charge >= 0.3 is 5.97 Å². The van der Waals surface area contributed by atoms with Gasteiger partial charge in [-0.3, -0.25) is 14.4 Å². The SMILES string of the molecule is CCCC(=O)OC(CC)c1cc(OC)c2c(c1OC)C(=O)C=CC2=O. The van der Waals surface area contributed by atoms with Gasteiger partial charge in [-0.15, -0.1) is 0 Å². The number of allylic oxidation sites excluding steroid dienone is 2. The lowest BCUT2D eigenvalue weighted by Gasteiger charge is -2.24. The van der Waals surface area contributed by atoms with E-state index in [0.29, 0.717) is 24.8 Å². The Bertz CT molecular complexity index is 732.